The SMILES string of the molecule is CCOc1ccc(C2CC(C(=O)N3CCC(NC(=O)c4ccc(OC)cc4)CC3)NN2)cc1. The van der Waals surface area contributed by atoms with Crippen molar-refractivity contribution >= 4 is 11.8 Å². The quantitative estimate of drug-likeness (QED) is 0.598. The smallest absolute Gasteiger partial charge is 0.251 e. The number of ether oxygens (including phenoxy) is 2. The molecule has 8 nitrogen and oxygen atoms in total. The molecule has 0 bridgehead atoms. The van der Waals surface area contributed by atoms with Crippen molar-refractivity contribution in [1.29, 1.82) is 0 Å². The van der Waals surface area contributed by atoms with Crippen LogP contribution < -0.4 is 25.6 Å². The molecule has 2 aromatic carbocycles. The molecule has 33 heavy (non-hydrogen) atoms. The van der Waals surface area contributed by atoms with Gasteiger partial charge < -0.3 is 19.7 Å². The van der Waals surface area contributed by atoms with E-state index < -0.39 is 0 Å². The Kier molecular flexibility index (Phi) is 7.47. The highest BCUT2D eigenvalue weighted by Gasteiger charge is 2.34. The van der Waals surface area contributed by atoms with Crippen molar-refractivity contribution in [2.75, 3.05) is 26.8 Å². The molecule has 2 saturated heterocycles. The normalized spacial score (nSPS) is 21.0. The van der Waals surface area contributed by atoms with Gasteiger partial charge in [-0.05, 0) is 68.1 Å². The Balaban J connectivity index is 1.24. The van der Waals surface area contributed by atoms with E-state index in [0.29, 0.717) is 31.7 Å². The molecule has 176 valence electrons. The van der Waals surface area contributed by atoms with E-state index in [9.17, 15) is 9.59 Å². The Labute approximate surface area is 194 Å². The van der Waals surface area contributed by atoms with Gasteiger partial charge in [0.2, 0.25) is 5.91 Å². The summed E-state index contributed by atoms with van der Waals surface area (Å²) in [6.45, 7) is 3.88. The first-order chi connectivity index (χ1) is 16.1. The van der Waals surface area contributed by atoms with Crippen LogP contribution in [0.1, 0.15) is 48.1 Å². The number of carbonyl (C=O) groups is 2. The molecule has 8 heteroatoms. The van der Waals surface area contributed by atoms with Gasteiger partial charge >= 0.3 is 0 Å². The average molecular weight is 453 g/mol. The lowest BCUT2D eigenvalue weighted by molar-refractivity contribution is -0.134. The zero-order valence-corrected chi connectivity index (χ0v) is 19.2. The van der Waals surface area contributed by atoms with Crippen molar-refractivity contribution in [2.24, 2.45) is 0 Å². The lowest BCUT2D eigenvalue weighted by atomic mass is 9.99. The molecule has 0 radical (unpaired) electrons. The molecule has 3 N–H and O–H groups in total. The fraction of sp³-hybridized carbons (Fsp3) is 0.440. The molecule has 0 aromatic heterocycles. The van der Waals surface area contributed by atoms with Crippen LogP contribution in [0.5, 0.6) is 11.5 Å². The van der Waals surface area contributed by atoms with Gasteiger partial charge in [-0.25, -0.2) is 10.9 Å². The standard InChI is InChI=1S/C25H32N4O4/c1-3-33-21-10-4-17(5-11-21)22-16-23(28-27-22)25(31)29-14-12-19(13-15-29)26-24(30)18-6-8-20(32-2)9-7-18/h4-11,19,22-23,27-28H,3,12-16H2,1-2H3,(H,26,30). The minimum absolute atomic E-state index is 0.0647. The zero-order valence-electron chi connectivity index (χ0n) is 19.2. The van der Waals surface area contributed by atoms with Crippen LogP contribution in [0.4, 0.5) is 0 Å². The average Bonchev–Trinajstić information content (AvgIpc) is 3.35. The number of piperidine rings is 1. The highest BCUT2D eigenvalue weighted by molar-refractivity contribution is 5.94. The van der Waals surface area contributed by atoms with Crippen molar-refractivity contribution in [3.63, 3.8) is 0 Å². The number of amides is 2. The molecule has 2 unspecified atom stereocenters. The van der Waals surface area contributed by atoms with Crippen molar-refractivity contribution < 1.29 is 19.1 Å². The molecule has 2 aliphatic rings. The fourth-order valence-electron chi connectivity index (χ4n) is 4.38. The number of carbonyl (C=O) groups excluding carboxylic acids is 2. The monoisotopic (exact) mass is 452 g/mol. The summed E-state index contributed by atoms with van der Waals surface area (Å²) in [4.78, 5) is 27.4. The molecule has 2 heterocycles. The van der Waals surface area contributed by atoms with Crippen molar-refractivity contribution in [3.05, 3.63) is 59.7 Å². The molecule has 2 aliphatic heterocycles. The van der Waals surface area contributed by atoms with E-state index in [-0.39, 0.29) is 29.9 Å². The van der Waals surface area contributed by atoms with E-state index in [4.69, 9.17) is 9.47 Å². The molecule has 0 saturated carbocycles. The van der Waals surface area contributed by atoms with Gasteiger partial charge in [-0.15, -0.1) is 0 Å². The minimum Gasteiger partial charge on any atom is -0.497 e. The first-order valence-corrected chi connectivity index (χ1v) is 11.5. The van der Waals surface area contributed by atoms with Gasteiger partial charge in [-0.3, -0.25) is 9.59 Å². The third-order valence-corrected chi connectivity index (χ3v) is 6.29. The first-order valence-electron chi connectivity index (χ1n) is 11.5. The fourth-order valence-corrected chi connectivity index (χ4v) is 4.38. The van der Waals surface area contributed by atoms with Gasteiger partial charge in [0.25, 0.3) is 5.91 Å². The third kappa shape index (κ3) is 5.64. The summed E-state index contributed by atoms with van der Waals surface area (Å²) >= 11 is 0. The Hall–Kier alpha value is -3.10. The first kappa shape index (κ1) is 23.1. The van der Waals surface area contributed by atoms with Crippen molar-refractivity contribution in [3.8, 4) is 11.5 Å². The number of rotatable bonds is 7. The number of hydrogen-bond donors (Lipinski definition) is 3. The van der Waals surface area contributed by atoms with E-state index in [1.165, 1.54) is 0 Å². The van der Waals surface area contributed by atoms with E-state index in [1.54, 1.807) is 31.4 Å². The number of hydrazine groups is 1. The Morgan fingerprint density at radius 1 is 1.00 bits per heavy atom. The topological polar surface area (TPSA) is 91.9 Å². The summed E-state index contributed by atoms with van der Waals surface area (Å²) in [7, 11) is 1.60. The maximum Gasteiger partial charge on any atom is 0.251 e. The van der Waals surface area contributed by atoms with Gasteiger partial charge in [-0.2, -0.15) is 0 Å². The van der Waals surface area contributed by atoms with Crippen LogP contribution in [-0.2, 0) is 4.79 Å². The number of hydrogen-bond acceptors (Lipinski definition) is 6. The van der Waals surface area contributed by atoms with Crippen LogP contribution in [0, 0.1) is 0 Å². The van der Waals surface area contributed by atoms with Crippen LogP contribution in [0.15, 0.2) is 48.5 Å². The molecule has 0 aliphatic carbocycles. The molecular formula is C25H32N4O4. The van der Waals surface area contributed by atoms with Gasteiger partial charge in [0.15, 0.2) is 0 Å². The van der Waals surface area contributed by atoms with Crippen molar-refractivity contribution in [2.45, 2.75) is 44.3 Å². The number of nitrogens with zero attached hydrogens (tertiary/aromatic N) is 1. The molecule has 2 aromatic rings. The van der Waals surface area contributed by atoms with E-state index >= 15 is 0 Å². The van der Waals surface area contributed by atoms with Gasteiger partial charge in [-0.1, -0.05) is 12.1 Å². The Morgan fingerprint density at radius 3 is 2.30 bits per heavy atom. The summed E-state index contributed by atoms with van der Waals surface area (Å²) in [6.07, 6.45) is 2.19. The Morgan fingerprint density at radius 2 is 1.67 bits per heavy atom. The summed E-state index contributed by atoms with van der Waals surface area (Å²) in [6, 6.07) is 14.9. The predicted octanol–water partition coefficient (Wildman–Crippen LogP) is 2.42. The van der Waals surface area contributed by atoms with E-state index in [2.05, 4.69) is 16.2 Å². The lowest BCUT2D eigenvalue weighted by Gasteiger charge is -2.33. The van der Waals surface area contributed by atoms with E-state index in [0.717, 1.165) is 29.9 Å². The number of benzene rings is 2. The maximum absolute atomic E-state index is 13.0. The minimum atomic E-state index is -0.257. The molecule has 2 fully saturated rings. The van der Waals surface area contributed by atoms with E-state index in [1.807, 2.05) is 36.1 Å². The number of likely N-dealkylation sites (tertiary alicyclic amines) is 1. The lowest BCUT2D eigenvalue weighted by Crippen LogP contribution is -2.51. The highest BCUT2D eigenvalue weighted by atomic mass is 16.5. The largest absolute Gasteiger partial charge is 0.497 e. The van der Waals surface area contributed by atoms with Crippen LogP contribution in [0.3, 0.4) is 0 Å². The van der Waals surface area contributed by atoms with Crippen LogP contribution in [0.25, 0.3) is 0 Å². The number of methoxy groups -OCH3 is 1. The molecular weight excluding hydrogens is 420 g/mol. The van der Waals surface area contributed by atoms with Gasteiger partial charge in [0.1, 0.15) is 17.5 Å². The van der Waals surface area contributed by atoms with Crippen LogP contribution >= 0.6 is 0 Å². The van der Waals surface area contributed by atoms with Crippen LogP contribution in [0.2, 0.25) is 0 Å². The second-order valence-corrected chi connectivity index (χ2v) is 8.43. The predicted molar refractivity (Wildman–Crippen MR) is 125 cm³/mol. The van der Waals surface area contributed by atoms with Gasteiger partial charge in [0, 0.05) is 30.7 Å². The summed E-state index contributed by atoms with van der Waals surface area (Å²) in [5.74, 6) is 1.58. The zero-order chi connectivity index (χ0) is 23.2. The van der Waals surface area contributed by atoms with Crippen LogP contribution in [-0.4, -0.2) is 55.6 Å². The molecule has 0 spiro atoms. The van der Waals surface area contributed by atoms with Gasteiger partial charge in [0.05, 0.1) is 13.7 Å². The van der Waals surface area contributed by atoms with Crippen molar-refractivity contribution in [1.82, 2.24) is 21.1 Å². The maximum atomic E-state index is 13.0. The Bertz CT molecular complexity index is 940. The summed E-state index contributed by atoms with van der Waals surface area (Å²) in [5.41, 5.74) is 8.15. The molecule has 2 amide bonds. The highest BCUT2D eigenvalue weighted by Crippen LogP contribution is 2.26. The summed E-state index contributed by atoms with van der Waals surface area (Å²) < 4.78 is 10.6. The molecule has 2 atom stereocenters. The number of nitrogens with one attached hydrogen (secondary N) is 3. The second-order valence-electron chi connectivity index (χ2n) is 8.43. The molecule has 4 rings (SSSR count). The summed E-state index contributed by atoms with van der Waals surface area (Å²) in [5, 5.41) is 3.09. The third-order valence-electron chi connectivity index (χ3n) is 6.29. The second kappa shape index (κ2) is 10.7.